The van der Waals surface area contributed by atoms with E-state index in [0.29, 0.717) is 24.5 Å². The van der Waals surface area contributed by atoms with Crippen LogP contribution in [0.2, 0.25) is 0 Å². The van der Waals surface area contributed by atoms with Crippen molar-refractivity contribution in [1.29, 1.82) is 0 Å². The number of hydrogen-bond donors (Lipinski definition) is 0. The third-order valence-corrected chi connectivity index (χ3v) is 5.72. The largest absolute Gasteiger partial charge is 0.476 e. The van der Waals surface area contributed by atoms with Gasteiger partial charge in [-0.25, -0.2) is 0 Å². The summed E-state index contributed by atoms with van der Waals surface area (Å²) in [7, 11) is 0. The number of piperidine rings is 1. The Labute approximate surface area is 169 Å². The number of hydrogen-bond acceptors (Lipinski definition) is 5. The van der Waals surface area contributed by atoms with E-state index in [1.54, 1.807) is 23.1 Å². The molecule has 4 amide bonds. The van der Waals surface area contributed by atoms with Crippen molar-refractivity contribution >= 4 is 29.3 Å². The van der Waals surface area contributed by atoms with Crippen LogP contribution in [-0.4, -0.2) is 65.7 Å². The Morgan fingerprint density at radius 2 is 1.69 bits per heavy atom. The Hall–Kier alpha value is -2.90. The molecule has 29 heavy (non-hydrogen) atoms. The van der Waals surface area contributed by atoms with Gasteiger partial charge in [-0.3, -0.25) is 24.1 Å². The van der Waals surface area contributed by atoms with E-state index in [0.717, 1.165) is 24.2 Å². The van der Waals surface area contributed by atoms with Gasteiger partial charge >= 0.3 is 0 Å². The molecule has 8 heteroatoms. The molecule has 1 aromatic carbocycles. The van der Waals surface area contributed by atoms with Crippen LogP contribution in [0.15, 0.2) is 24.3 Å². The molecule has 3 aliphatic heterocycles. The lowest BCUT2D eigenvalue weighted by atomic mass is 10.1. The van der Waals surface area contributed by atoms with Crippen molar-refractivity contribution in [3.8, 4) is 5.75 Å². The van der Waals surface area contributed by atoms with Crippen molar-refractivity contribution in [2.75, 3.05) is 31.1 Å². The number of rotatable bonds is 4. The molecular weight excluding hydrogens is 374 g/mol. The molecule has 8 nitrogen and oxygen atoms in total. The summed E-state index contributed by atoms with van der Waals surface area (Å²) in [5.74, 6) is -0.297. The molecule has 0 saturated carbocycles. The fourth-order valence-electron chi connectivity index (χ4n) is 4.13. The normalized spacial score (nSPS) is 21.8. The molecule has 0 aliphatic carbocycles. The highest BCUT2D eigenvalue weighted by Crippen LogP contribution is 2.34. The second-order valence-electron chi connectivity index (χ2n) is 7.65. The lowest BCUT2D eigenvalue weighted by Crippen LogP contribution is -2.53. The van der Waals surface area contributed by atoms with Crippen LogP contribution in [0.4, 0.5) is 5.69 Å². The molecule has 0 N–H and O–H groups in total. The van der Waals surface area contributed by atoms with Gasteiger partial charge in [-0.15, -0.1) is 0 Å². The molecule has 0 bridgehead atoms. The third-order valence-electron chi connectivity index (χ3n) is 5.72. The third kappa shape index (κ3) is 3.97. The Morgan fingerprint density at radius 1 is 1.00 bits per heavy atom. The van der Waals surface area contributed by atoms with E-state index in [2.05, 4.69) is 0 Å². The molecule has 4 rings (SSSR count). The standard InChI is InChI=1S/C21H25N3O5/c25-18-8-9-19(26)23(18)13-10-20(27)24-14-17(21(28)22-11-4-1-5-12-22)29-16-7-3-2-6-15(16)24/h2-3,6-7,17H,1,4-5,8-14H2. The first-order valence-electron chi connectivity index (χ1n) is 10.2. The summed E-state index contributed by atoms with van der Waals surface area (Å²) < 4.78 is 5.94. The van der Waals surface area contributed by atoms with E-state index in [4.69, 9.17) is 4.74 Å². The van der Waals surface area contributed by atoms with Gasteiger partial charge in [-0.05, 0) is 31.4 Å². The summed E-state index contributed by atoms with van der Waals surface area (Å²) in [6.07, 6.45) is 2.78. The van der Waals surface area contributed by atoms with E-state index < -0.39 is 6.10 Å². The lowest BCUT2D eigenvalue weighted by Gasteiger charge is -2.37. The number of ether oxygens (including phenoxy) is 1. The number of likely N-dealkylation sites (tertiary alicyclic amines) is 2. The number of anilines is 1. The Kier molecular flexibility index (Phi) is 5.51. The molecule has 2 fully saturated rings. The number of carbonyl (C=O) groups is 4. The van der Waals surface area contributed by atoms with Crippen molar-refractivity contribution in [2.24, 2.45) is 0 Å². The Morgan fingerprint density at radius 3 is 2.41 bits per heavy atom. The summed E-state index contributed by atoms with van der Waals surface area (Å²) in [6.45, 7) is 1.63. The number of amides is 4. The predicted molar refractivity (Wildman–Crippen MR) is 104 cm³/mol. The first-order chi connectivity index (χ1) is 14.0. The van der Waals surface area contributed by atoms with Gasteiger partial charge in [0, 0.05) is 38.9 Å². The van der Waals surface area contributed by atoms with E-state index in [1.807, 2.05) is 11.0 Å². The van der Waals surface area contributed by atoms with Crippen molar-refractivity contribution in [2.45, 2.75) is 44.6 Å². The van der Waals surface area contributed by atoms with E-state index >= 15 is 0 Å². The zero-order valence-corrected chi connectivity index (χ0v) is 16.3. The Bertz CT molecular complexity index is 817. The number of fused-ring (bicyclic) bond motifs is 1. The second kappa shape index (κ2) is 8.23. The minimum absolute atomic E-state index is 0.0242. The maximum absolute atomic E-state index is 13.0. The van der Waals surface area contributed by atoms with Crippen LogP contribution >= 0.6 is 0 Å². The first kappa shape index (κ1) is 19.4. The van der Waals surface area contributed by atoms with Crippen molar-refractivity contribution < 1.29 is 23.9 Å². The second-order valence-corrected chi connectivity index (χ2v) is 7.65. The maximum atomic E-state index is 13.0. The average molecular weight is 399 g/mol. The summed E-state index contributed by atoms with van der Waals surface area (Å²) >= 11 is 0. The maximum Gasteiger partial charge on any atom is 0.265 e. The van der Waals surface area contributed by atoms with Crippen LogP contribution in [0, 0.1) is 0 Å². The van der Waals surface area contributed by atoms with Gasteiger partial charge in [0.25, 0.3) is 5.91 Å². The summed E-state index contributed by atoms with van der Waals surface area (Å²) in [5, 5.41) is 0. The molecule has 3 aliphatic rings. The van der Waals surface area contributed by atoms with Gasteiger partial charge in [0.1, 0.15) is 5.75 Å². The first-order valence-corrected chi connectivity index (χ1v) is 10.2. The van der Waals surface area contributed by atoms with Gasteiger partial charge < -0.3 is 14.5 Å². The van der Waals surface area contributed by atoms with Crippen LogP contribution in [0.25, 0.3) is 0 Å². The van der Waals surface area contributed by atoms with E-state index in [-0.39, 0.29) is 56.0 Å². The Balaban J connectivity index is 1.48. The predicted octanol–water partition coefficient (Wildman–Crippen LogP) is 1.33. The number of imide groups is 1. The molecule has 0 aromatic heterocycles. The minimum Gasteiger partial charge on any atom is -0.476 e. The zero-order chi connectivity index (χ0) is 20.4. The topological polar surface area (TPSA) is 87.2 Å². The van der Waals surface area contributed by atoms with Crippen LogP contribution in [0.5, 0.6) is 5.75 Å². The van der Waals surface area contributed by atoms with Crippen molar-refractivity contribution in [3.05, 3.63) is 24.3 Å². The number of para-hydroxylation sites is 2. The van der Waals surface area contributed by atoms with E-state index in [1.165, 1.54) is 0 Å². The molecule has 0 spiro atoms. The molecule has 1 atom stereocenters. The van der Waals surface area contributed by atoms with Gasteiger partial charge in [0.15, 0.2) is 6.10 Å². The summed E-state index contributed by atoms with van der Waals surface area (Å²) in [5.41, 5.74) is 0.610. The SMILES string of the molecule is O=C(C1CN(C(=O)CCN2C(=O)CCC2=O)c2ccccc2O1)N1CCCCC1. The van der Waals surface area contributed by atoms with Crippen molar-refractivity contribution in [3.63, 3.8) is 0 Å². The van der Waals surface area contributed by atoms with Gasteiger partial charge in [0.2, 0.25) is 17.7 Å². The van der Waals surface area contributed by atoms with Crippen molar-refractivity contribution in [1.82, 2.24) is 9.80 Å². The summed E-state index contributed by atoms with van der Waals surface area (Å²) in [6, 6.07) is 7.14. The van der Waals surface area contributed by atoms with Crippen LogP contribution < -0.4 is 9.64 Å². The number of nitrogens with zero attached hydrogens (tertiary/aromatic N) is 3. The van der Waals surface area contributed by atoms with E-state index in [9.17, 15) is 19.2 Å². The monoisotopic (exact) mass is 399 g/mol. The van der Waals surface area contributed by atoms with Crippen LogP contribution in [0.3, 0.4) is 0 Å². The zero-order valence-electron chi connectivity index (χ0n) is 16.3. The fraction of sp³-hybridized carbons (Fsp3) is 0.524. The number of benzene rings is 1. The van der Waals surface area contributed by atoms with Gasteiger partial charge in [-0.1, -0.05) is 12.1 Å². The fourth-order valence-corrected chi connectivity index (χ4v) is 4.13. The van der Waals surface area contributed by atoms with Crippen LogP contribution in [0.1, 0.15) is 38.5 Å². The molecule has 3 heterocycles. The lowest BCUT2D eigenvalue weighted by molar-refractivity contribution is -0.140. The number of carbonyl (C=O) groups excluding carboxylic acids is 4. The average Bonchev–Trinajstić information content (AvgIpc) is 3.08. The highest BCUT2D eigenvalue weighted by molar-refractivity contribution is 6.03. The van der Waals surface area contributed by atoms with Gasteiger partial charge in [-0.2, -0.15) is 0 Å². The highest BCUT2D eigenvalue weighted by atomic mass is 16.5. The molecule has 1 aromatic rings. The molecule has 0 radical (unpaired) electrons. The van der Waals surface area contributed by atoms with Crippen LogP contribution in [-0.2, 0) is 19.2 Å². The molecule has 154 valence electrons. The summed E-state index contributed by atoms with van der Waals surface area (Å²) in [4.78, 5) is 54.0. The highest BCUT2D eigenvalue weighted by Gasteiger charge is 2.37. The quantitative estimate of drug-likeness (QED) is 0.713. The molecule has 2 saturated heterocycles. The van der Waals surface area contributed by atoms with Gasteiger partial charge in [0.05, 0.1) is 12.2 Å². The molecule has 1 unspecified atom stereocenters. The minimum atomic E-state index is -0.748. The molecular formula is C21H25N3O5. The smallest absolute Gasteiger partial charge is 0.265 e.